The van der Waals surface area contributed by atoms with Gasteiger partial charge in [-0.05, 0) is 18.6 Å². The normalized spacial score (nSPS) is 21.9. The van der Waals surface area contributed by atoms with Crippen molar-refractivity contribution in [1.82, 2.24) is 4.90 Å². The summed E-state index contributed by atoms with van der Waals surface area (Å²) in [6.45, 7) is 1.92. The standard InChI is InChI=1S/C12H21NO3S/c1-9(12(15)16)8-13(2)11(14)7-10-5-3-4-6-17-10/h9-10H,3-8H2,1-2H3,(H,15,16). The van der Waals surface area contributed by atoms with Crippen LogP contribution >= 0.6 is 11.8 Å². The first-order valence-corrected chi connectivity index (χ1v) is 7.14. The van der Waals surface area contributed by atoms with Crippen molar-refractivity contribution in [3.63, 3.8) is 0 Å². The molecule has 0 aromatic heterocycles. The number of carbonyl (C=O) groups is 2. The molecule has 4 nitrogen and oxygen atoms in total. The highest BCUT2D eigenvalue weighted by atomic mass is 32.2. The van der Waals surface area contributed by atoms with Gasteiger partial charge in [-0.25, -0.2) is 0 Å². The van der Waals surface area contributed by atoms with E-state index in [0.717, 1.165) is 12.2 Å². The number of carboxylic acids is 1. The Balaban J connectivity index is 2.33. The maximum atomic E-state index is 11.9. The van der Waals surface area contributed by atoms with E-state index in [1.54, 1.807) is 18.9 Å². The van der Waals surface area contributed by atoms with Gasteiger partial charge in [-0.15, -0.1) is 0 Å². The van der Waals surface area contributed by atoms with E-state index >= 15 is 0 Å². The van der Waals surface area contributed by atoms with Gasteiger partial charge >= 0.3 is 5.97 Å². The maximum Gasteiger partial charge on any atom is 0.308 e. The van der Waals surface area contributed by atoms with Gasteiger partial charge in [-0.1, -0.05) is 13.3 Å². The van der Waals surface area contributed by atoms with Gasteiger partial charge in [0, 0.05) is 25.3 Å². The van der Waals surface area contributed by atoms with E-state index in [2.05, 4.69) is 0 Å². The van der Waals surface area contributed by atoms with E-state index in [0.29, 0.717) is 18.2 Å². The highest BCUT2D eigenvalue weighted by molar-refractivity contribution is 7.99. The van der Waals surface area contributed by atoms with E-state index in [-0.39, 0.29) is 5.91 Å². The van der Waals surface area contributed by atoms with E-state index in [4.69, 9.17) is 5.11 Å². The second kappa shape index (κ2) is 6.89. The topological polar surface area (TPSA) is 57.6 Å². The lowest BCUT2D eigenvalue weighted by molar-refractivity contribution is -0.142. The molecular formula is C12H21NO3S. The molecule has 0 aliphatic carbocycles. The molecule has 5 heteroatoms. The zero-order valence-corrected chi connectivity index (χ0v) is 11.3. The monoisotopic (exact) mass is 259 g/mol. The number of amides is 1. The molecule has 0 saturated carbocycles. The summed E-state index contributed by atoms with van der Waals surface area (Å²) in [5.41, 5.74) is 0. The van der Waals surface area contributed by atoms with E-state index in [1.807, 2.05) is 11.8 Å². The minimum Gasteiger partial charge on any atom is -0.481 e. The van der Waals surface area contributed by atoms with Gasteiger partial charge in [0.2, 0.25) is 5.91 Å². The number of rotatable bonds is 5. The maximum absolute atomic E-state index is 11.9. The van der Waals surface area contributed by atoms with Gasteiger partial charge < -0.3 is 10.0 Å². The van der Waals surface area contributed by atoms with Gasteiger partial charge in [0.25, 0.3) is 0 Å². The molecule has 0 aromatic carbocycles. The lowest BCUT2D eigenvalue weighted by Crippen LogP contribution is -2.35. The van der Waals surface area contributed by atoms with Gasteiger partial charge in [0.1, 0.15) is 0 Å². The minimum atomic E-state index is -0.850. The third-order valence-corrected chi connectivity index (χ3v) is 4.47. The summed E-state index contributed by atoms with van der Waals surface area (Å²) in [6.07, 6.45) is 4.12. The third-order valence-electron chi connectivity index (χ3n) is 3.07. The fraction of sp³-hybridized carbons (Fsp3) is 0.833. The predicted octanol–water partition coefficient (Wildman–Crippen LogP) is 1.84. The summed E-state index contributed by atoms with van der Waals surface area (Å²) < 4.78 is 0. The second-order valence-electron chi connectivity index (χ2n) is 4.71. The van der Waals surface area contributed by atoms with Crippen LogP contribution in [0.1, 0.15) is 32.6 Å². The van der Waals surface area contributed by atoms with Crippen molar-refractivity contribution in [3.05, 3.63) is 0 Å². The quantitative estimate of drug-likeness (QED) is 0.818. The number of nitrogens with zero attached hydrogens (tertiary/aromatic N) is 1. The predicted molar refractivity (Wildman–Crippen MR) is 69.2 cm³/mol. The molecular weight excluding hydrogens is 238 g/mol. The van der Waals surface area contributed by atoms with E-state index in [1.165, 1.54) is 12.8 Å². The first-order valence-electron chi connectivity index (χ1n) is 6.09. The first-order chi connectivity index (χ1) is 8.00. The van der Waals surface area contributed by atoms with Gasteiger partial charge in [0.15, 0.2) is 0 Å². The molecule has 1 heterocycles. The number of aliphatic carboxylic acids is 1. The number of carbonyl (C=O) groups excluding carboxylic acids is 1. The molecule has 0 bridgehead atoms. The molecule has 98 valence electrons. The van der Waals surface area contributed by atoms with Crippen molar-refractivity contribution in [3.8, 4) is 0 Å². The largest absolute Gasteiger partial charge is 0.481 e. The summed E-state index contributed by atoms with van der Waals surface area (Å²) >= 11 is 1.87. The van der Waals surface area contributed by atoms with Crippen LogP contribution in [-0.4, -0.2) is 46.5 Å². The summed E-state index contributed by atoms with van der Waals surface area (Å²) in [5, 5.41) is 9.22. The zero-order valence-electron chi connectivity index (χ0n) is 10.5. The molecule has 1 N–H and O–H groups in total. The average Bonchev–Trinajstić information content (AvgIpc) is 2.29. The van der Waals surface area contributed by atoms with Gasteiger partial charge in [-0.2, -0.15) is 11.8 Å². The molecule has 0 radical (unpaired) electrons. The van der Waals surface area contributed by atoms with E-state index in [9.17, 15) is 9.59 Å². The van der Waals surface area contributed by atoms with Crippen LogP contribution in [-0.2, 0) is 9.59 Å². The molecule has 2 unspecified atom stereocenters. The van der Waals surface area contributed by atoms with Crippen molar-refractivity contribution in [1.29, 1.82) is 0 Å². The fourth-order valence-corrected chi connectivity index (χ4v) is 3.21. The minimum absolute atomic E-state index is 0.0671. The van der Waals surface area contributed by atoms with Gasteiger partial charge in [0.05, 0.1) is 5.92 Å². The second-order valence-corrected chi connectivity index (χ2v) is 6.11. The third kappa shape index (κ3) is 4.98. The van der Waals surface area contributed by atoms with Crippen LogP contribution in [0, 0.1) is 5.92 Å². The van der Waals surface area contributed by atoms with Crippen LogP contribution in [0.3, 0.4) is 0 Å². The Bertz CT molecular complexity index is 277. The highest BCUT2D eigenvalue weighted by Gasteiger charge is 2.22. The molecule has 1 saturated heterocycles. The molecule has 2 atom stereocenters. The Kier molecular flexibility index (Phi) is 5.82. The Morgan fingerprint density at radius 2 is 2.18 bits per heavy atom. The van der Waals surface area contributed by atoms with Crippen molar-refractivity contribution in [2.24, 2.45) is 5.92 Å². The molecule has 1 aliphatic rings. The molecule has 1 aliphatic heterocycles. The Morgan fingerprint density at radius 1 is 1.47 bits per heavy atom. The molecule has 1 fully saturated rings. The lowest BCUT2D eigenvalue weighted by atomic mass is 10.1. The smallest absolute Gasteiger partial charge is 0.308 e. The van der Waals surface area contributed by atoms with E-state index < -0.39 is 11.9 Å². The van der Waals surface area contributed by atoms with Crippen LogP contribution < -0.4 is 0 Å². The number of carboxylic acid groups (broad SMARTS) is 1. The molecule has 0 aromatic rings. The Labute approximate surface area is 107 Å². The number of hydrogen-bond acceptors (Lipinski definition) is 3. The Hall–Kier alpha value is -0.710. The average molecular weight is 259 g/mol. The number of thioether (sulfide) groups is 1. The Morgan fingerprint density at radius 3 is 2.71 bits per heavy atom. The molecule has 1 rings (SSSR count). The van der Waals surface area contributed by atoms with Crippen LogP contribution in [0.15, 0.2) is 0 Å². The highest BCUT2D eigenvalue weighted by Crippen LogP contribution is 2.27. The van der Waals surface area contributed by atoms with Crippen molar-refractivity contribution >= 4 is 23.6 Å². The van der Waals surface area contributed by atoms with Crippen molar-refractivity contribution < 1.29 is 14.7 Å². The first kappa shape index (κ1) is 14.4. The summed E-state index contributed by atoms with van der Waals surface area (Å²) in [5.74, 6) is -0.134. The fourth-order valence-electron chi connectivity index (χ4n) is 1.91. The summed E-state index contributed by atoms with van der Waals surface area (Å²) in [7, 11) is 1.69. The summed E-state index contributed by atoms with van der Waals surface area (Å²) in [4.78, 5) is 24.1. The van der Waals surface area contributed by atoms with Crippen molar-refractivity contribution in [2.45, 2.75) is 37.9 Å². The molecule has 1 amide bonds. The number of hydrogen-bond donors (Lipinski definition) is 1. The van der Waals surface area contributed by atoms with Crippen LogP contribution in [0.5, 0.6) is 0 Å². The lowest BCUT2D eigenvalue weighted by Gasteiger charge is -2.24. The SMILES string of the molecule is CC(CN(C)C(=O)CC1CCCCS1)C(=O)O. The van der Waals surface area contributed by atoms with Crippen LogP contribution in [0.2, 0.25) is 0 Å². The van der Waals surface area contributed by atoms with Crippen molar-refractivity contribution in [2.75, 3.05) is 19.3 Å². The summed E-state index contributed by atoms with van der Waals surface area (Å²) in [6, 6.07) is 0. The van der Waals surface area contributed by atoms with Gasteiger partial charge in [-0.3, -0.25) is 9.59 Å². The van der Waals surface area contributed by atoms with Crippen LogP contribution in [0.4, 0.5) is 0 Å². The molecule has 17 heavy (non-hydrogen) atoms. The van der Waals surface area contributed by atoms with Crippen LogP contribution in [0.25, 0.3) is 0 Å². The molecule has 0 spiro atoms. The zero-order chi connectivity index (χ0) is 12.8.